The van der Waals surface area contributed by atoms with E-state index in [-0.39, 0.29) is 30.7 Å². The molecule has 9 heteroatoms. The number of thioether (sulfide) groups is 1. The van der Waals surface area contributed by atoms with Crippen molar-refractivity contribution in [1.29, 1.82) is 0 Å². The molecule has 1 aliphatic rings. The first-order valence-corrected chi connectivity index (χ1v) is 11.4. The number of piperazine rings is 1. The fraction of sp³-hybridized carbons (Fsp3) is 0.292. The molecule has 0 aliphatic carbocycles. The fourth-order valence-electron chi connectivity index (χ4n) is 3.69. The Labute approximate surface area is 211 Å². The van der Waals surface area contributed by atoms with Crippen molar-refractivity contribution in [3.63, 3.8) is 0 Å². The minimum Gasteiger partial charge on any atom is -0.354 e. The summed E-state index contributed by atoms with van der Waals surface area (Å²) in [6, 6.07) is 13.8. The van der Waals surface area contributed by atoms with E-state index in [4.69, 9.17) is 0 Å². The molecule has 0 saturated carbocycles. The molecule has 3 heterocycles. The molecular weight excluding hydrogens is 477 g/mol. The zero-order valence-corrected chi connectivity index (χ0v) is 21.2. The van der Waals surface area contributed by atoms with E-state index in [2.05, 4.69) is 37.6 Å². The third-order valence-electron chi connectivity index (χ3n) is 5.12. The second-order valence-electron chi connectivity index (χ2n) is 7.73. The van der Waals surface area contributed by atoms with Crippen LogP contribution in [0.1, 0.15) is 27.0 Å². The van der Waals surface area contributed by atoms with Crippen molar-refractivity contribution in [3.05, 3.63) is 77.1 Å². The molecule has 176 valence electrons. The van der Waals surface area contributed by atoms with Crippen LogP contribution in [-0.2, 0) is 5.75 Å². The topological polar surface area (TPSA) is 70.2 Å². The maximum Gasteiger partial charge on any atom is 0.258 e. The average Bonchev–Trinajstić information content (AvgIpc) is 2.78. The van der Waals surface area contributed by atoms with Gasteiger partial charge in [0.05, 0.1) is 5.56 Å². The molecule has 1 fully saturated rings. The zero-order chi connectivity index (χ0) is 21.6. The number of pyridine rings is 2. The largest absolute Gasteiger partial charge is 0.354 e. The first-order chi connectivity index (χ1) is 15.1. The third-order valence-corrected chi connectivity index (χ3v) is 6.20. The fourth-order valence-corrected chi connectivity index (χ4v) is 4.63. The second kappa shape index (κ2) is 12.8. The van der Waals surface area contributed by atoms with Crippen LogP contribution in [0.3, 0.4) is 0 Å². The van der Waals surface area contributed by atoms with Crippen LogP contribution >= 0.6 is 36.6 Å². The van der Waals surface area contributed by atoms with Crippen molar-refractivity contribution in [3.8, 4) is 0 Å². The lowest BCUT2D eigenvalue weighted by molar-refractivity contribution is 0.102. The number of aromatic nitrogens is 2. The SMILES string of the molecule is Cc1cc(C)cc(NC(=O)c2cccnc2SCc2ccnc(N3CCNCC3)c2)c1.Cl.Cl. The highest BCUT2D eigenvalue weighted by atomic mass is 35.5. The van der Waals surface area contributed by atoms with Crippen LogP contribution in [0.5, 0.6) is 0 Å². The number of benzene rings is 1. The van der Waals surface area contributed by atoms with Crippen molar-refractivity contribution in [1.82, 2.24) is 15.3 Å². The number of aryl methyl sites for hydroxylation is 2. The van der Waals surface area contributed by atoms with Gasteiger partial charge in [0, 0.05) is 50.0 Å². The normalized spacial score (nSPS) is 13.0. The van der Waals surface area contributed by atoms with Crippen molar-refractivity contribution >= 4 is 54.0 Å². The lowest BCUT2D eigenvalue weighted by Crippen LogP contribution is -2.43. The smallest absolute Gasteiger partial charge is 0.258 e. The number of hydrogen-bond acceptors (Lipinski definition) is 6. The number of amides is 1. The number of anilines is 2. The number of halogens is 2. The Bertz CT molecular complexity index is 1060. The maximum absolute atomic E-state index is 12.9. The summed E-state index contributed by atoms with van der Waals surface area (Å²) >= 11 is 1.57. The van der Waals surface area contributed by atoms with E-state index in [0.717, 1.165) is 59.6 Å². The Hall–Kier alpha value is -2.32. The third kappa shape index (κ3) is 7.33. The molecule has 0 radical (unpaired) electrons. The van der Waals surface area contributed by atoms with Gasteiger partial charge in [-0.1, -0.05) is 6.07 Å². The first kappa shape index (κ1) is 26.9. The summed E-state index contributed by atoms with van der Waals surface area (Å²) in [5, 5.41) is 7.11. The Morgan fingerprint density at radius 3 is 2.48 bits per heavy atom. The van der Waals surface area contributed by atoms with Crippen LogP contribution in [0.25, 0.3) is 0 Å². The van der Waals surface area contributed by atoms with Gasteiger partial charge < -0.3 is 15.5 Å². The second-order valence-corrected chi connectivity index (χ2v) is 8.70. The van der Waals surface area contributed by atoms with E-state index < -0.39 is 0 Å². The van der Waals surface area contributed by atoms with E-state index >= 15 is 0 Å². The van der Waals surface area contributed by atoms with E-state index in [0.29, 0.717) is 5.56 Å². The van der Waals surface area contributed by atoms with Gasteiger partial charge in [-0.05, 0) is 66.9 Å². The summed E-state index contributed by atoms with van der Waals surface area (Å²) in [7, 11) is 0. The monoisotopic (exact) mass is 505 g/mol. The molecule has 1 aromatic carbocycles. The molecule has 6 nitrogen and oxygen atoms in total. The van der Waals surface area contributed by atoms with E-state index in [1.807, 2.05) is 44.3 Å². The number of carbonyl (C=O) groups excluding carboxylic acids is 1. The minimum absolute atomic E-state index is 0. The molecule has 1 saturated heterocycles. The van der Waals surface area contributed by atoms with Crippen molar-refractivity contribution in [2.75, 3.05) is 36.4 Å². The van der Waals surface area contributed by atoms with Gasteiger partial charge in [0.2, 0.25) is 0 Å². The Morgan fingerprint density at radius 1 is 1.03 bits per heavy atom. The van der Waals surface area contributed by atoms with Crippen LogP contribution in [0.4, 0.5) is 11.5 Å². The average molecular weight is 507 g/mol. The quantitative estimate of drug-likeness (QED) is 0.464. The van der Waals surface area contributed by atoms with E-state index in [9.17, 15) is 4.79 Å². The van der Waals surface area contributed by atoms with Gasteiger partial charge in [-0.3, -0.25) is 4.79 Å². The van der Waals surface area contributed by atoms with Gasteiger partial charge in [-0.2, -0.15) is 0 Å². The van der Waals surface area contributed by atoms with Gasteiger partial charge in [0.15, 0.2) is 0 Å². The van der Waals surface area contributed by atoms with E-state index in [1.165, 1.54) is 5.56 Å². The Morgan fingerprint density at radius 2 is 1.76 bits per heavy atom. The van der Waals surface area contributed by atoms with Crippen LogP contribution < -0.4 is 15.5 Å². The van der Waals surface area contributed by atoms with Crippen molar-refractivity contribution in [2.45, 2.75) is 24.6 Å². The molecule has 0 bridgehead atoms. The minimum atomic E-state index is -0.142. The summed E-state index contributed by atoms with van der Waals surface area (Å²) in [5.74, 6) is 1.59. The summed E-state index contributed by atoms with van der Waals surface area (Å²) in [4.78, 5) is 24.2. The van der Waals surface area contributed by atoms with Gasteiger partial charge in [0.25, 0.3) is 5.91 Å². The van der Waals surface area contributed by atoms with Crippen molar-refractivity contribution < 1.29 is 4.79 Å². The van der Waals surface area contributed by atoms with Gasteiger partial charge in [0.1, 0.15) is 10.8 Å². The number of nitrogens with zero attached hydrogens (tertiary/aromatic N) is 3. The molecule has 2 aromatic heterocycles. The Kier molecular flexibility index (Phi) is 10.4. The van der Waals surface area contributed by atoms with E-state index in [1.54, 1.807) is 24.0 Å². The molecular formula is C24H29Cl2N5OS. The molecule has 33 heavy (non-hydrogen) atoms. The van der Waals surface area contributed by atoms with Crippen molar-refractivity contribution in [2.24, 2.45) is 0 Å². The highest BCUT2D eigenvalue weighted by Gasteiger charge is 2.15. The molecule has 1 aliphatic heterocycles. The molecule has 2 N–H and O–H groups in total. The molecule has 0 spiro atoms. The number of hydrogen-bond donors (Lipinski definition) is 2. The lowest BCUT2D eigenvalue weighted by Gasteiger charge is -2.28. The lowest BCUT2D eigenvalue weighted by atomic mass is 10.1. The molecule has 0 atom stereocenters. The van der Waals surface area contributed by atoms with Gasteiger partial charge in [-0.25, -0.2) is 9.97 Å². The first-order valence-electron chi connectivity index (χ1n) is 10.5. The number of nitrogens with one attached hydrogen (secondary N) is 2. The van der Waals surface area contributed by atoms with Gasteiger partial charge in [-0.15, -0.1) is 36.6 Å². The van der Waals surface area contributed by atoms with Crippen LogP contribution in [-0.4, -0.2) is 42.1 Å². The van der Waals surface area contributed by atoms with Crippen LogP contribution in [0, 0.1) is 13.8 Å². The Balaban J connectivity index is 0.00000193. The predicted octanol–water partition coefficient (Wildman–Crippen LogP) is 4.89. The summed E-state index contributed by atoms with van der Waals surface area (Å²) in [5.41, 5.74) is 4.79. The van der Waals surface area contributed by atoms with Crippen LogP contribution in [0.2, 0.25) is 0 Å². The molecule has 3 aromatic rings. The zero-order valence-electron chi connectivity index (χ0n) is 18.7. The standard InChI is InChI=1S/C24H27N5OS.2ClH/c1-17-12-18(2)14-20(13-17)28-23(30)21-4-3-6-27-24(21)31-16-19-5-7-26-22(15-19)29-10-8-25-9-11-29;;/h3-7,12-15,25H,8-11,16H2,1-2H3,(H,28,30);2*1H. The molecule has 4 rings (SSSR count). The number of rotatable bonds is 6. The summed E-state index contributed by atoms with van der Waals surface area (Å²) in [6.45, 7) is 7.94. The summed E-state index contributed by atoms with van der Waals surface area (Å²) < 4.78 is 0. The van der Waals surface area contributed by atoms with Crippen LogP contribution in [0.15, 0.2) is 59.9 Å². The highest BCUT2D eigenvalue weighted by molar-refractivity contribution is 7.98. The summed E-state index contributed by atoms with van der Waals surface area (Å²) in [6.07, 6.45) is 3.59. The highest BCUT2D eigenvalue weighted by Crippen LogP contribution is 2.26. The molecule has 0 unspecified atom stereocenters. The predicted molar refractivity (Wildman–Crippen MR) is 141 cm³/mol. The van der Waals surface area contributed by atoms with Gasteiger partial charge >= 0.3 is 0 Å². The maximum atomic E-state index is 12.9. The number of carbonyl (C=O) groups is 1. The molecule has 1 amide bonds.